The number of halogens is 2. The number of para-hydroxylation sites is 2. The number of benzene rings is 2. The SMILES string of the molecule is COc1ccccc1OCC(=O)Nc1nc2scc(-c3cc(Cl)ccc3Cl)n2n1. The van der Waals surface area contributed by atoms with E-state index in [1.165, 1.54) is 18.4 Å². The van der Waals surface area contributed by atoms with Gasteiger partial charge in [0.05, 0.1) is 17.8 Å². The van der Waals surface area contributed by atoms with Crippen molar-refractivity contribution in [2.75, 3.05) is 19.0 Å². The summed E-state index contributed by atoms with van der Waals surface area (Å²) in [5.74, 6) is 0.798. The fraction of sp³-hybridized carbons (Fsp3) is 0.105. The average Bonchev–Trinajstić information content (AvgIpc) is 3.28. The standard InChI is InChI=1S/C19H14Cl2N4O3S/c1-27-15-4-2-3-5-16(15)28-9-17(26)22-18-23-19-25(24-18)14(10-29-19)12-8-11(20)6-7-13(12)21/h2-8,10H,9H2,1H3,(H,22,24,26). The van der Waals surface area contributed by atoms with Crippen molar-refractivity contribution in [3.63, 3.8) is 0 Å². The van der Waals surface area contributed by atoms with E-state index < -0.39 is 5.91 Å². The lowest BCUT2D eigenvalue weighted by Crippen LogP contribution is -2.21. The summed E-state index contributed by atoms with van der Waals surface area (Å²) in [4.78, 5) is 17.2. The van der Waals surface area contributed by atoms with E-state index in [4.69, 9.17) is 32.7 Å². The quantitative estimate of drug-likeness (QED) is 0.458. The normalized spacial score (nSPS) is 10.9. The Morgan fingerprint density at radius 2 is 2.00 bits per heavy atom. The molecular weight excluding hydrogens is 435 g/mol. The van der Waals surface area contributed by atoms with E-state index >= 15 is 0 Å². The Bertz CT molecular complexity index is 1190. The van der Waals surface area contributed by atoms with E-state index in [1.807, 2.05) is 11.4 Å². The second kappa shape index (κ2) is 8.28. The first-order valence-corrected chi connectivity index (χ1v) is 10.0. The van der Waals surface area contributed by atoms with Crippen LogP contribution in [-0.2, 0) is 4.79 Å². The summed E-state index contributed by atoms with van der Waals surface area (Å²) in [6, 6.07) is 12.3. The molecule has 4 rings (SSSR count). The molecule has 0 spiro atoms. The maximum Gasteiger partial charge on any atom is 0.264 e. The van der Waals surface area contributed by atoms with Crippen LogP contribution in [0.15, 0.2) is 47.8 Å². The number of hydrogen-bond acceptors (Lipinski definition) is 6. The number of anilines is 1. The lowest BCUT2D eigenvalue weighted by molar-refractivity contribution is -0.118. The molecule has 7 nitrogen and oxygen atoms in total. The summed E-state index contributed by atoms with van der Waals surface area (Å²) in [5.41, 5.74) is 1.46. The third-order valence-electron chi connectivity index (χ3n) is 3.97. The van der Waals surface area contributed by atoms with Gasteiger partial charge < -0.3 is 9.47 Å². The van der Waals surface area contributed by atoms with Crippen molar-refractivity contribution in [1.82, 2.24) is 14.6 Å². The molecule has 0 unspecified atom stereocenters. The first-order valence-electron chi connectivity index (χ1n) is 8.40. The zero-order valence-corrected chi connectivity index (χ0v) is 17.4. The Balaban J connectivity index is 1.50. The number of amides is 1. The molecule has 1 amide bonds. The molecule has 0 aliphatic rings. The molecule has 0 saturated carbocycles. The summed E-state index contributed by atoms with van der Waals surface area (Å²) < 4.78 is 12.3. The van der Waals surface area contributed by atoms with E-state index in [1.54, 1.807) is 40.9 Å². The van der Waals surface area contributed by atoms with Crippen molar-refractivity contribution < 1.29 is 14.3 Å². The molecule has 148 valence electrons. The summed E-state index contributed by atoms with van der Waals surface area (Å²) in [6.07, 6.45) is 0. The first kappa shape index (κ1) is 19.5. The molecule has 2 heterocycles. The number of fused-ring (bicyclic) bond motifs is 1. The van der Waals surface area contributed by atoms with Gasteiger partial charge in [-0.3, -0.25) is 10.1 Å². The van der Waals surface area contributed by atoms with Crippen LogP contribution in [0.25, 0.3) is 16.2 Å². The molecule has 1 N–H and O–H groups in total. The second-order valence-corrected chi connectivity index (χ2v) is 7.54. The monoisotopic (exact) mass is 448 g/mol. The van der Waals surface area contributed by atoms with Crippen molar-refractivity contribution in [1.29, 1.82) is 0 Å². The van der Waals surface area contributed by atoms with Gasteiger partial charge in [-0.15, -0.1) is 16.4 Å². The number of carbonyl (C=O) groups is 1. The zero-order valence-electron chi connectivity index (χ0n) is 15.1. The smallest absolute Gasteiger partial charge is 0.264 e. The Morgan fingerprint density at radius 1 is 1.21 bits per heavy atom. The van der Waals surface area contributed by atoms with Crippen LogP contribution in [-0.4, -0.2) is 34.2 Å². The number of carbonyl (C=O) groups excluding carboxylic acids is 1. The van der Waals surface area contributed by atoms with Gasteiger partial charge >= 0.3 is 0 Å². The van der Waals surface area contributed by atoms with Gasteiger partial charge in [0, 0.05) is 16.0 Å². The van der Waals surface area contributed by atoms with Crippen LogP contribution in [0.4, 0.5) is 5.95 Å². The summed E-state index contributed by atoms with van der Waals surface area (Å²) in [6.45, 7) is -0.208. The highest BCUT2D eigenvalue weighted by Crippen LogP contribution is 2.33. The number of rotatable bonds is 6. The molecular formula is C19H14Cl2N4O3S. The zero-order chi connectivity index (χ0) is 20.4. The number of ether oxygens (including phenoxy) is 2. The average molecular weight is 449 g/mol. The molecule has 0 fully saturated rings. The van der Waals surface area contributed by atoms with Crippen LogP contribution in [0, 0.1) is 0 Å². The summed E-state index contributed by atoms with van der Waals surface area (Å²) in [7, 11) is 1.54. The third-order valence-corrected chi connectivity index (χ3v) is 5.35. The maximum absolute atomic E-state index is 12.2. The van der Waals surface area contributed by atoms with Gasteiger partial charge in [-0.25, -0.2) is 4.52 Å². The molecule has 0 bridgehead atoms. The van der Waals surface area contributed by atoms with Gasteiger partial charge in [0.1, 0.15) is 0 Å². The van der Waals surface area contributed by atoms with Crippen LogP contribution in [0.1, 0.15) is 0 Å². The lowest BCUT2D eigenvalue weighted by Gasteiger charge is -2.09. The molecule has 0 radical (unpaired) electrons. The Morgan fingerprint density at radius 3 is 2.79 bits per heavy atom. The molecule has 0 atom stereocenters. The van der Waals surface area contributed by atoms with E-state index in [0.717, 1.165) is 11.3 Å². The summed E-state index contributed by atoms with van der Waals surface area (Å²) in [5, 5.41) is 9.96. The highest BCUT2D eigenvalue weighted by molar-refractivity contribution is 7.15. The number of hydrogen-bond donors (Lipinski definition) is 1. The number of nitrogens with one attached hydrogen (secondary N) is 1. The van der Waals surface area contributed by atoms with Crippen molar-refractivity contribution in [3.05, 3.63) is 57.9 Å². The Kier molecular flexibility index (Phi) is 5.57. The van der Waals surface area contributed by atoms with Gasteiger partial charge in [-0.1, -0.05) is 35.3 Å². The third kappa shape index (κ3) is 4.14. The van der Waals surface area contributed by atoms with Gasteiger partial charge in [0.25, 0.3) is 11.9 Å². The molecule has 29 heavy (non-hydrogen) atoms. The van der Waals surface area contributed by atoms with Crippen molar-refractivity contribution in [2.45, 2.75) is 0 Å². The largest absolute Gasteiger partial charge is 0.493 e. The number of nitrogens with zero attached hydrogens (tertiary/aromatic N) is 3. The van der Waals surface area contributed by atoms with Crippen LogP contribution in [0.2, 0.25) is 10.0 Å². The molecule has 2 aromatic heterocycles. The Labute approximate surface area is 179 Å². The fourth-order valence-electron chi connectivity index (χ4n) is 2.66. The highest BCUT2D eigenvalue weighted by Gasteiger charge is 2.16. The topological polar surface area (TPSA) is 77.8 Å². The van der Waals surface area contributed by atoms with E-state index in [-0.39, 0.29) is 12.6 Å². The molecule has 2 aromatic carbocycles. The van der Waals surface area contributed by atoms with Crippen LogP contribution in [0.3, 0.4) is 0 Å². The van der Waals surface area contributed by atoms with Gasteiger partial charge in [-0.05, 0) is 30.3 Å². The van der Waals surface area contributed by atoms with E-state index in [0.29, 0.717) is 26.5 Å². The van der Waals surface area contributed by atoms with E-state index in [2.05, 4.69) is 15.4 Å². The highest BCUT2D eigenvalue weighted by atomic mass is 35.5. The van der Waals surface area contributed by atoms with Crippen LogP contribution < -0.4 is 14.8 Å². The van der Waals surface area contributed by atoms with Gasteiger partial charge in [-0.2, -0.15) is 4.98 Å². The van der Waals surface area contributed by atoms with E-state index in [9.17, 15) is 4.79 Å². The predicted molar refractivity (Wildman–Crippen MR) is 113 cm³/mol. The van der Waals surface area contributed by atoms with Crippen molar-refractivity contribution >= 4 is 51.4 Å². The summed E-state index contributed by atoms with van der Waals surface area (Å²) >= 11 is 13.8. The van der Waals surface area contributed by atoms with Gasteiger partial charge in [0.2, 0.25) is 4.96 Å². The minimum absolute atomic E-state index is 0.171. The fourth-order valence-corrected chi connectivity index (χ4v) is 3.86. The molecule has 4 aromatic rings. The molecule has 0 saturated heterocycles. The Hall–Kier alpha value is -2.81. The second-order valence-electron chi connectivity index (χ2n) is 5.86. The van der Waals surface area contributed by atoms with Crippen LogP contribution >= 0.6 is 34.5 Å². The lowest BCUT2D eigenvalue weighted by atomic mass is 10.2. The number of aromatic nitrogens is 3. The maximum atomic E-state index is 12.2. The van der Waals surface area contributed by atoms with Crippen molar-refractivity contribution in [3.8, 4) is 22.8 Å². The minimum Gasteiger partial charge on any atom is -0.493 e. The minimum atomic E-state index is -0.392. The van der Waals surface area contributed by atoms with Gasteiger partial charge in [0.15, 0.2) is 18.1 Å². The molecule has 0 aliphatic heterocycles. The number of methoxy groups -OCH3 is 1. The molecule has 0 aliphatic carbocycles. The van der Waals surface area contributed by atoms with Crippen LogP contribution in [0.5, 0.6) is 11.5 Å². The van der Waals surface area contributed by atoms with Crippen molar-refractivity contribution in [2.24, 2.45) is 0 Å². The number of thiazole rings is 1. The molecule has 10 heteroatoms. The predicted octanol–water partition coefficient (Wildman–Crippen LogP) is 4.79. The first-order chi connectivity index (χ1) is 14.0.